The van der Waals surface area contributed by atoms with Gasteiger partial charge < -0.3 is 18.3 Å². The van der Waals surface area contributed by atoms with Gasteiger partial charge in [-0.05, 0) is 126 Å². The Balaban J connectivity index is 0.805. The van der Waals surface area contributed by atoms with Crippen molar-refractivity contribution >= 4 is 60.6 Å². The summed E-state index contributed by atoms with van der Waals surface area (Å²) >= 11 is 0. The zero-order chi connectivity index (χ0) is 41.6. The highest BCUT2D eigenvalue weighted by molar-refractivity contribution is 6.12. The topological polar surface area (TPSA) is 57.5 Å². The van der Waals surface area contributed by atoms with E-state index in [0.717, 1.165) is 72.2 Å². The van der Waals surface area contributed by atoms with Crippen LogP contribution in [-0.2, 0) is 4.74 Å². The molecular weight excluding hydrogens is 773 g/mol. The monoisotopic (exact) mass is 810 g/mol. The van der Waals surface area contributed by atoms with Crippen molar-refractivity contribution in [1.29, 1.82) is 0 Å². The molecule has 298 valence electrons. The fraction of sp³-hybridized carbons (Fsp3) is 0.0526. The maximum absolute atomic E-state index is 6.45. The van der Waals surface area contributed by atoms with Gasteiger partial charge in [0.25, 0.3) is 0 Å². The zero-order valence-corrected chi connectivity index (χ0v) is 34.3. The first kappa shape index (κ1) is 35.5. The molecule has 6 heteroatoms. The fourth-order valence-electron chi connectivity index (χ4n) is 9.71. The highest BCUT2D eigenvalue weighted by atomic mass is 16.5. The van der Waals surface area contributed by atoms with Gasteiger partial charge in [-0.15, -0.1) is 0 Å². The average Bonchev–Trinajstić information content (AvgIpc) is 4.10. The fourth-order valence-corrected chi connectivity index (χ4v) is 9.71. The van der Waals surface area contributed by atoms with E-state index in [1.54, 1.807) is 0 Å². The maximum Gasteiger partial charge on any atom is 0.227 e. The summed E-state index contributed by atoms with van der Waals surface area (Å²) in [5, 5.41) is 4.72. The Labute approximate surface area is 363 Å². The third-order valence-electron chi connectivity index (χ3n) is 12.9. The molecule has 4 heterocycles. The van der Waals surface area contributed by atoms with E-state index in [0.29, 0.717) is 11.8 Å². The van der Waals surface area contributed by atoms with Crippen LogP contribution >= 0.6 is 0 Å². The molecule has 6 nitrogen and oxygen atoms in total. The van der Waals surface area contributed by atoms with Crippen LogP contribution < -0.4 is 0 Å². The molecule has 0 saturated heterocycles. The molecule has 0 saturated carbocycles. The molecule has 3 aromatic heterocycles. The molecule has 0 radical (unpaired) electrons. The summed E-state index contributed by atoms with van der Waals surface area (Å²) in [5.41, 5.74) is 14.6. The number of hydrogen-bond acceptors (Lipinski definition) is 4. The second kappa shape index (κ2) is 13.6. The van der Waals surface area contributed by atoms with Crippen molar-refractivity contribution in [2.75, 3.05) is 0 Å². The van der Waals surface area contributed by atoms with Gasteiger partial charge >= 0.3 is 0 Å². The van der Waals surface area contributed by atoms with Gasteiger partial charge in [0.2, 0.25) is 11.8 Å². The lowest BCUT2D eigenvalue weighted by Gasteiger charge is -2.26. The third-order valence-corrected chi connectivity index (χ3v) is 12.9. The number of aliphatic imine (C=N–C) groups is 1. The molecule has 0 N–H and O–H groups in total. The Morgan fingerprint density at radius 2 is 1.03 bits per heavy atom. The zero-order valence-electron chi connectivity index (χ0n) is 34.3. The highest BCUT2D eigenvalue weighted by Gasteiger charge is 2.40. The van der Waals surface area contributed by atoms with Gasteiger partial charge in [0.15, 0.2) is 11.2 Å². The van der Waals surface area contributed by atoms with Crippen LogP contribution in [0.5, 0.6) is 0 Å². The van der Waals surface area contributed by atoms with E-state index in [4.69, 9.17) is 19.1 Å². The normalized spacial score (nSPS) is 17.0. The Morgan fingerprint density at radius 3 is 1.67 bits per heavy atom. The largest absolute Gasteiger partial charge is 0.464 e. The number of oxazole rings is 1. The first-order valence-electron chi connectivity index (χ1n) is 21.4. The van der Waals surface area contributed by atoms with Crippen molar-refractivity contribution in [2.45, 2.75) is 18.6 Å². The van der Waals surface area contributed by atoms with E-state index < -0.39 is 5.60 Å². The molecule has 2 unspecified atom stereocenters. The van der Waals surface area contributed by atoms with Gasteiger partial charge in [-0.1, -0.05) is 109 Å². The standard InChI is InChI=1S/C57H38N4O2/c1-57-32-9-8-19-54(57)59-56(63-57)41-25-31-52-47(35-41)45-14-3-6-17-50(45)61(52)43-28-22-37(23-29-43)39-12-10-11-38(33-39)36-20-26-42(27-21-36)60-49-16-5-2-13-44(49)46-34-40(24-30-51(46)60)55-58-48-15-4-7-18-53(48)62-55/h2-35,54H,1H3. The number of benzene rings is 8. The van der Waals surface area contributed by atoms with Crippen LogP contribution in [0.15, 0.2) is 216 Å². The molecule has 2 atom stereocenters. The minimum atomic E-state index is -0.448. The predicted octanol–water partition coefficient (Wildman–Crippen LogP) is 14.1. The summed E-state index contributed by atoms with van der Waals surface area (Å²) in [7, 11) is 0. The Bertz CT molecular complexity index is 3700. The van der Waals surface area contributed by atoms with Crippen molar-refractivity contribution in [3.05, 3.63) is 212 Å². The molecule has 0 bridgehead atoms. The number of aromatic nitrogens is 3. The molecule has 0 fully saturated rings. The van der Waals surface area contributed by atoms with E-state index in [-0.39, 0.29) is 6.04 Å². The van der Waals surface area contributed by atoms with Crippen LogP contribution in [0.25, 0.3) is 99.8 Å². The van der Waals surface area contributed by atoms with E-state index in [2.05, 4.69) is 186 Å². The SMILES string of the molecule is CC12C=CC=CC1N=C(c1ccc3c(c1)c1ccccc1n3-c1ccc(-c3cccc(-c4ccc(-n5c6ccccc6c6cc(-c7nc8ccccc8o7)ccc65)cc4)c3)cc1)O2. The summed E-state index contributed by atoms with van der Waals surface area (Å²) in [6.07, 6.45) is 8.30. The van der Waals surface area contributed by atoms with Gasteiger partial charge in [0, 0.05) is 44.0 Å². The van der Waals surface area contributed by atoms with Crippen molar-refractivity contribution in [3.8, 4) is 45.1 Å². The summed E-state index contributed by atoms with van der Waals surface area (Å²) < 4.78 is 17.3. The molecule has 0 amide bonds. The summed E-state index contributed by atoms with van der Waals surface area (Å²) in [6, 6.07) is 64.8. The minimum Gasteiger partial charge on any atom is -0.464 e. The Kier molecular flexibility index (Phi) is 7.70. The number of ether oxygens (including phenoxy) is 1. The molecule has 63 heavy (non-hydrogen) atoms. The number of nitrogens with zero attached hydrogens (tertiary/aromatic N) is 4. The van der Waals surface area contributed by atoms with Gasteiger partial charge in [0.05, 0.1) is 22.1 Å². The van der Waals surface area contributed by atoms with Crippen LogP contribution in [0, 0.1) is 0 Å². The van der Waals surface area contributed by atoms with E-state index in [1.807, 2.05) is 36.4 Å². The van der Waals surface area contributed by atoms with E-state index in [1.165, 1.54) is 27.3 Å². The van der Waals surface area contributed by atoms with Crippen LogP contribution in [0.4, 0.5) is 0 Å². The van der Waals surface area contributed by atoms with E-state index in [9.17, 15) is 0 Å². The van der Waals surface area contributed by atoms with Gasteiger partial charge in [-0.2, -0.15) is 0 Å². The quantitative estimate of drug-likeness (QED) is 0.168. The molecular formula is C57H38N4O2. The second-order valence-electron chi connectivity index (χ2n) is 16.7. The van der Waals surface area contributed by atoms with Crippen molar-refractivity contribution < 1.29 is 9.15 Å². The molecule has 8 aromatic carbocycles. The lowest BCUT2D eigenvalue weighted by Crippen LogP contribution is -2.34. The average molecular weight is 811 g/mol. The van der Waals surface area contributed by atoms with Crippen LogP contribution in [0.1, 0.15) is 12.5 Å². The van der Waals surface area contributed by atoms with Crippen molar-refractivity contribution in [3.63, 3.8) is 0 Å². The van der Waals surface area contributed by atoms with Gasteiger partial charge in [-0.25, -0.2) is 9.98 Å². The molecule has 1 aliphatic heterocycles. The number of rotatable bonds is 6. The van der Waals surface area contributed by atoms with Crippen LogP contribution in [0.2, 0.25) is 0 Å². The van der Waals surface area contributed by atoms with Gasteiger partial charge in [-0.3, -0.25) is 0 Å². The third kappa shape index (κ3) is 5.65. The minimum absolute atomic E-state index is 0.0176. The Hall–Kier alpha value is -8.22. The predicted molar refractivity (Wildman–Crippen MR) is 257 cm³/mol. The van der Waals surface area contributed by atoms with Crippen molar-refractivity contribution in [2.24, 2.45) is 4.99 Å². The number of allylic oxidation sites excluding steroid dienone is 2. The molecule has 1 aliphatic carbocycles. The van der Waals surface area contributed by atoms with Crippen LogP contribution in [0.3, 0.4) is 0 Å². The first-order valence-corrected chi connectivity index (χ1v) is 21.4. The summed E-state index contributed by atoms with van der Waals surface area (Å²) in [6.45, 7) is 2.10. The number of para-hydroxylation sites is 4. The van der Waals surface area contributed by atoms with Crippen molar-refractivity contribution in [1.82, 2.24) is 14.1 Å². The number of fused-ring (bicyclic) bond motifs is 8. The smallest absolute Gasteiger partial charge is 0.227 e. The summed E-state index contributed by atoms with van der Waals surface area (Å²) in [4.78, 5) is 9.73. The van der Waals surface area contributed by atoms with Crippen LogP contribution in [-0.4, -0.2) is 31.7 Å². The summed E-state index contributed by atoms with van der Waals surface area (Å²) in [5.74, 6) is 1.32. The molecule has 11 aromatic rings. The Morgan fingerprint density at radius 1 is 0.476 bits per heavy atom. The maximum atomic E-state index is 6.45. The second-order valence-corrected chi connectivity index (χ2v) is 16.7. The molecule has 13 rings (SSSR count). The number of hydrogen-bond donors (Lipinski definition) is 0. The highest BCUT2D eigenvalue weighted by Crippen LogP contribution is 2.39. The molecule has 0 spiro atoms. The first-order chi connectivity index (χ1) is 31.0. The van der Waals surface area contributed by atoms with Gasteiger partial charge in [0.1, 0.15) is 11.6 Å². The van der Waals surface area contributed by atoms with E-state index >= 15 is 0 Å². The molecule has 2 aliphatic rings. The lowest BCUT2D eigenvalue weighted by molar-refractivity contribution is 0.142. The lowest BCUT2D eigenvalue weighted by atomic mass is 9.93.